The second kappa shape index (κ2) is 4.33. The van der Waals surface area contributed by atoms with Gasteiger partial charge in [-0.2, -0.15) is 0 Å². The van der Waals surface area contributed by atoms with Crippen LogP contribution in [0.25, 0.3) is 0 Å². The number of hydrogen-bond acceptors (Lipinski definition) is 3. The Bertz CT molecular complexity index is 316. The van der Waals surface area contributed by atoms with Gasteiger partial charge in [0.25, 0.3) is 0 Å². The van der Waals surface area contributed by atoms with Gasteiger partial charge in [0, 0.05) is 45.1 Å². The topological polar surface area (TPSA) is 36.3 Å². The van der Waals surface area contributed by atoms with Crippen LogP contribution < -0.4 is 0 Å². The standard InChI is InChI=1S/C11H18N2O2/c1-10-7-12-9-13(10)8-11(14-2)3-5-15-6-4-11/h7,9H,3-6,8H2,1-2H3. The third kappa shape index (κ3) is 2.21. The van der Waals surface area contributed by atoms with Gasteiger partial charge in [0.2, 0.25) is 0 Å². The van der Waals surface area contributed by atoms with Crippen LogP contribution in [0.15, 0.2) is 12.5 Å². The summed E-state index contributed by atoms with van der Waals surface area (Å²) in [7, 11) is 1.79. The molecule has 1 fully saturated rings. The molecule has 84 valence electrons. The van der Waals surface area contributed by atoms with Gasteiger partial charge in [-0.3, -0.25) is 0 Å². The molecule has 0 aromatic carbocycles. The van der Waals surface area contributed by atoms with Gasteiger partial charge in [0.05, 0.1) is 18.5 Å². The van der Waals surface area contributed by atoms with E-state index in [9.17, 15) is 0 Å². The Kier molecular flexibility index (Phi) is 3.07. The van der Waals surface area contributed by atoms with E-state index in [0.717, 1.165) is 32.6 Å². The second-order valence-electron chi connectivity index (χ2n) is 4.16. The van der Waals surface area contributed by atoms with Crippen LogP contribution in [0.3, 0.4) is 0 Å². The third-order valence-corrected chi connectivity index (χ3v) is 3.22. The smallest absolute Gasteiger partial charge is 0.0949 e. The number of rotatable bonds is 3. The number of aromatic nitrogens is 2. The first-order valence-electron chi connectivity index (χ1n) is 5.35. The summed E-state index contributed by atoms with van der Waals surface area (Å²) >= 11 is 0. The highest BCUT2D eigenvalue weighted by molar-refractivity contribution is 4.97. The molecule has 15 heavy (non-hydrogen) atoms. The zero-order chi connectivity index (χ0) is 10.7. The fraction of sp³-hybridized carbons (Fsp3) is 0.727. The number of nitrogens with zero attached hydrogens (tertiary/aromatic N) is 2. The van der Waals surface area contributed by atoms with E-state index in [1.165, 1.54) is 5.69 Å². The summed E-state index contributed by atoms with van der Waals surface area (Å²) in [5.41, 5.74) is 1.11. The first kappa shape index (κ1) is 10.6. The number of aryl methyl sites for hydroxylation is 1. The highest BCUT2D eigenvalue weighted by Crippen LogP contribution is 2.26. The fourth-order valence-corrected chi connectivity index (χ4v) is 2.03. The monoisotopic (exact) mass is 210 g/mol. The van der Waals surface area contributed by atoms with Crippen LogP contribution in [-0.2, 0) is 16.0 Å². The lowest BCUT2D eigenvalue weighted by atomic mass is 9.94. The third-order valence-electron chi connectivity index (χ3n) is 3.22. The van der Waals surface area contributed by atoms with Gasteiger partial charge in [-0.15, -0.1) is 0 Å². The molecule has 1 saturated heterocycles. The number of ether oxygens (including phenoxy) is 2. The predicted molar refractivity (Wildman–Crippen MR) is 56.8 cm³/mol. The van der Waals surface area contributed by atoms with Gasteiger partial charge in [-0.05, 0) is 6.92 Å². The molecule has 1 aliphatic heterocycles. The Hall–Kier alpha value is -0.870. The maximum Gasteiger partial charge on any atom is 0.0949 e. The molecular weight excluding hydrogens is 192 g/mol. The Morgan fingerprint density at radius 1 is 1.53 bits per heavy atom. The van der Waals surface area contributed by atoms with Crippen molar-refractivity contribution in [1.29, 1.82) is 0 Å². The first-order valence-corrected chi connectivity index (χ1v) is 5.35. The van der Waals surface area contributed by atoms with E-state index in [2.05, 4.69) is 16.5 Å². The van der Waals surface area contributed by atoms with Crippen LogP contribution >= 0.6 is 0 Å². The number of imidazole rings is 1. The van der Waals surface area contributed by atoms with E-state index in [4.69, 9.17) is 9.47 Å². The highest BCUT2D eigenvalue weighted by Gasteiger charge is 2.33. The summed E-state index contributed by atoms with van der Waals surface area (Å²) in [6.07, 6.45) is 5.66. The maximum absolute atomic E-state index is 5.68. The van der Waals surface area contributed by atoms with Gasteiger partial charge < -0.3 is 14.0 Å². The lowest BCUT2D eigenvalue weighted by molar-refractivity contribution is -0.0987. The molecule has 0 saturated carbocycles. The molecule has 0 aliphatic carbocycles. The normalized spacial score (nSPS) is 20.4. The molecule has 2 heterocycles. The molecule has 1 aromatic rings. The van der Waals surface area contributed by atoms with Gasteiger partial charge in [0.1, 0.15) is 0 Å². The van der Waals surface area contributed by atoms with Crippen molar-refractivity contribution in [2.75, 3.05) is 20.3 Å². The summed E-state index contributed by atoms with van der Waals surface area (Å²) in [5, 5.41) is 0. The molecule has 0 spiro atoms. The molecule has 1 aromatic heterocycles. The van der Waals surface area contributed by atoms with Crippen LogP contribution in [0.5, 0.6) is 0 Å². The van der Waals surface area contributed by atoms with Crippen LogP contribution in [0.4, 0.5) is 0 Å². The quantitative estimate of drug-likeness (QED) is 0.756. The second-order valence-corrected chi connectivity index (χ2v) is 4.16. The van der Waals surface area contributed by atoms with Gasteiger partial charge in [-0.25, -0.2) is 4.98 Å². The Balaban J connectivity index is 2.10. The average molecular weight is 210 g/mol. The Morgan fingerprint density at radius 2 is 2.27 bits per heavy atom. The minimum absolute atomic E-state index is 0.0658. The summed E-state index contributed by atoms with van der Waals surface area (Å²) in [4.78, 5) is 4.13. The highest BCUT2D eigenvalue weighted by atomic mass is 16.5. The Morgan fingerprint density at radius 3 is 2.80 bits per heavy atom. The van der Waals surface area contributed by atoms with Crippen molar-refractivity contribution in [1.82, 2.24) is 9.55 Å². The van der Waals surface area contributed by atoms with E-state index in [-0.39, 0.29) is 5.60 Å². The van der Waals surface area contributed by atoms with E-state index in [0.29, 0.717) is 0 Å². The van der Waals surface area contributed by atoms with E-state index in [1.54, 1.807) is 7.11 Å². The van der Waals surface area contributed by atoms with Gasteiger partial charge in [-0.1, -0.05) is 0 Å². The van der Waals surface area contributed by atoms with Crippen molar-refractivity contribution < 1.29 is 9.47 Å². The van der Waals surface area contributed by atoms with Gasteiger partial charge in [0.15, 0.2) is 0 Å². The summed E-state index contributed by atoms with van der Waals surface area (Å²) in [5.74, 6) is 0. The number of methoxy groups -OCH3 is 1. The average Bonchev–Trinajstić information content (AvgIpc) is 2.66. The lowest BCUT2D eigenvalue weighted by Crippen LogP contribution is -2.42. The number of hydrogen-bond donors (Lipinski definition) is 0. The summed E-state index contributed by atoms with van der Waals surface area (Å²) in [6.45, 7) is 4.53. The van der Waals surface area contributed by atoms with Crippen molar-refractivity contribution in [2.45, 2.75) is 31.9 Å². The summed E-state index contributed by atoms with van der Waals surface area (Å²) < 4.78 is 13.2. The molecule has 0 atom stereocenters. The molecule has 0 unspecified atom stereocenters. The van der Waals surface area contributed by atoms with Crippen LogP contribution in [0.1, 0.15) is 18.5 Å². The van der Waals surface area contributed by atoms with Crippen molar-refractivity contribution in [2.24, 2.45) is 0 Å². The van der Waals surface area contributed by atoms with E-state index in [1.807, 2.05) is 12.5 Å². The zero-order valence-corrected chi connectivity index (χ0v) is 9.40. The largest absolute Gasteiger partial charge is 0.381 e. The molecule has 2 rings (SSSR count). The minimum atomic E-state index is -0.0658. The predicted octanol–water partition coefficient (Wildman–Crippen LogP) is 1.39. The van der Waals surface area contributed by atoms with Gasteiger partial charge >= 0.3 is 0 Å². The molecular formula is C11H18N2O2. The van der Waals surface area contributed by atoms with Crippen molar-refractivity contribution >= 4 is 0 Å². The fourth-order valence-electron chi connectivity index (χ4n) is 2.03. The molecule has 0 radical (unpaired) electrons. The molecule has 4 nitrogen and oxygen atoms in total. The van der Waals surface area contributed by atoms with E-state index < -0.39 is 0 Å². The summed E-state index contributed by atoms with van der Waals surface area (Å²) in [6, 6.07) is 0. The maximum atomic E-state index is 5.68. The van der Waals surface area contributed by atoms with Crippen molar-refractivity contribution in [3.8, 4) is 0 Å². The first-order chi connectivity index (χ1) is 7.26. The molecule has 4 heteroatoms. The molecule has 1 aliphatic rings. The van der Waals surface area contributed by atoms with Crippen LogP contribution in [0, 0.1) is 6.92 Å². The van der Waals surface area contributed by atoms with E-state index >= 15 is 0 Å². The lowest BCUT2D eigenvalue weighted by Gasteiger charge is -2.36. The van der Waals surface area contributed by atoms with Crippen molar-refractivity contribution in [3.63, 3.8) is 0 Å². The zero-order valence-electron chi connectivity index (χ0n) is 9.40. The molecule has 0 amide bonds. The Labute approximate surface area is 90.2 Å². The van der Waals surface area contributed by atoms with Crippen LogP contribution in [-0.4, -0.2) is 35.5 Å². The van der Waals surface area contributed by atoms with Crippen molar-refractivity contribution in [3.05, 3.63) is 18.2 Å². The molecule has 0 bridgehead atoms. The minimum Gasteiger partial charge on any atom is -0.381 e. The molecule has 0 N–H and O–H groups in total. The SMILES string of the molecule is COC1(Cn2cncc2C)CCOCC1. The van der Waals surface area contributed by atoms with Crippen LogP contribution in [0.2, 0.25) is 0 Å².